The number of nitrogens with zero attached hydrogens (tertiary/aromatic N) is 1. The maximum atomic E-state index is 6.10. The molecule has 0 aliphatic rings. The Labute approximate surface area is 91.3 Å². The van der Waals surface area contributed by atoms with E-state index >= 15 is 0 Å². The van der Waals surface area contributed by atoms with Gasteiger partial charge in [0, 0.05) is 7.05 Å². The van der Waals surface area contributed by atoms with Gasteiger partial charge in [-0.25, -0.2) is 0 Å². The number of benzene rings is 1. The van der Waals surface area contributed by atoms with Crippen molar-refractivity contribution in [1.29, 1.82) is 5.41 Å². The van der Waals surface area contributed by atoms with Gasteiger partial charge < -0.3 is 9.73 Å². The minimum atomic E-state index is 0.875. The fourth-order valence-corrected chi connectivity index (χ4v) is 1.00. The molecule has 0 spiro atoms. The lowest BCUT2D eigenvalue weighted by atomic mass is 10.1. The van der Waals surface area contributed by atoms with Crippen molar-refractivity contribution in [2.75, 3.05) is 14.2 Å². The number of methoxy groups -OCH3 is 1. The molecule has 0 unspecified atom stereocenters. The van der Waals surface area contributed by atoms with Crippen molar-refractivity contribution in [1.82, 2.24) is 0 Å². The van der Waals surface area contributed by atoms with Gasteiger partial charge in [0.15, 0.2) is 6.40 Å². The molecule has 0 atom stereocenters. The first-order chi connectivity index (χ1) is 7.35. The average Bonchev–Trinajstić information content (AvgIpc) is 2.31. The Hall–Kier alpha value is -1.64. The molecule has 0 bridgehead atoms. The number of rotatable bonds is 4. The SMILES string of the molecule is CN=CCCc1ccccc1.COC=N. The first kappa shape index (κ1) is 13.4. The molecule has 1 N–H and O–H groups in total. The highest BCUT2D eigenvalue weighted by Crippen LogP contribution is 2.00. The van der Waals surface area contributed by atoms with Crippen molar-refractivity contribution >= 4 is 12.6 Å². The first-order valence-electron chi connectivity index (χ1n) is 4.81. The Balaban J connectivity index is 0.000000423. The Morgan fingerprint density at radius 2 is 1.93 bits per heavy atom. The molecule has 15 heavy (non-hydrogen) atoms. The summed E-state index contributed by atoms with van der Waals surface area (Å²) in [6.07, 6.45) is 4.96. The van der Waals surface area contributed by atoms with Crippen LogP contribution in [0.1, 0.15) is 12.0 Å². The van der Waals surface area contributed by atoms with Gasteiger partial charge in [0.1, 0.15) is 0 Å². The number of ether oxygens (including phenoxy) is 1. The van der Waals surface area contributed by atoms with Gasteiger partial charge in [-0.2, -0.15) is 0 Å². The van der Waals surface area contributed by atoms with E-state index in [9.17, 15) is 0 Å². The molecule has 1 aromatic rings. The van der Waals surface area contributed by atoms with E-state index in [1.807, 2.05) is 19.3 Å². The second-order valence-electron chi connectivity index (χ2n) is 2.82. The maximum Gasteiger partial charge on any atom is 0.166 e. The van der Waals surface area contributed by atoms with E-state index < -0.39 is 0 Å². The van der Waals surface area contributed by atoms with Gasteiger partial charge in [0.25, 0.3) is 0 Å². The molecule has 0 radical (unpaired) electrons. The van der Waals surface area contributed by atoms with Gasteiger partial charge in [-0.3, -0.25) is 5.41 Å². The predicted octanol–water partition coefficient (Wildman–Crippen LogP) is 2.56. The molecule has 0 fully saturated rings. The minimum Gasteiger partial charge on any atom is -0.487 e. The molecule has 0 saturated heterocycles. The van der Waals surface area contributed by atoms with Crippen molar-refractivity contribution in [3.05, 3.63) is 35.9 Å². The standard InChI is InChI=1S/C10H13N.C2H5NO/c1-11-9-5-8-10-6-3-2-4-7-10;1-4-2-3/h2-4,6-7,9H,5,8H2,1H3;2-3H,1H3. The van der Waals surface area contributed by atoms with Crippen LogP contribution in [-0.2, 0) is 11.2 Å². The monoisotopic (exact) mass is 206 g/mol. The number of aliphatic imine (C=N–C) groups is 1. The summed E-state index contributed by atoms with van der Waals surface area (Å²) in [5, 5.41) is 6.10. The summed E-state index contributed by atoms with van der Waals surface area (Å²) >= 11 is 0. The van der Waals surface area contributed by atoms with E-state index in [4.69, 9.17) is 5.41 Å². The number of hydrogen-bond acceptors (Lipinski definition) is 3. The van der Waals surface area contributed by atoms with E-state index in [-0.39, 0.29) is 0 Å². The fourth-order valence-electron chi connectivity index (χ4n) is 1.00. The highest BCUT2D eigenvalue weighted by atomic mass is 16.5. The molecule has 0 amide bonds. The van der Waals surface area contributed by atoms with Gasteiger partial charge in [-0.1, -0.05) is 30.3 Å². The lowest BCUT2D eigenvalue weighted by Crippen LogP contribution is -1.84. The minimum absolute atomic E-state index is 0.875. The highest BCUT2D eigenvalue weighted by Gasteiger charge is 1.86. The molecule has 1 aromatic carbocycles. The van der Waals surface area contributed by atoms with Crippen LogP contribution in [0.2, 0.25) is 0 Å². The summed E-state index contributed by atoms with van der Waals surface area (Å²) in [6.45, 7) is 0. The summed E-state index contributed by atoms with van der Waals surface area (Å²) in [7, 11) is 3.25. The molecule has 0 aliphatic carbocycles. The van der Waals surface area contributed by atoms with E-state index in [1.165, 1.54) is 12.7 Å². The van der Waals surface area contributed by atoms with Crippen LogP contribution in [0.25, 0.3) is 0 Å². The Bertz CT molecular complexity index is 270. The topological polar surface area (TPSA) is 45.4 Å². The summed E-state index contributed by atoms with van der Waals surface area (Å²) < 4.78 is 4.08. The summed E-state index contributed by atoms with van der Waals surface area (Å²) in [5.41, 5.74) is 1.38. The molecule has 82 valence electrons. The van der Waals surface area contributed by atoms with E-state index in [0.29, 0.717) is 0 Å². The zero-order valence-corrected chi connectivity index (χ0v) is 9.31. The lowest BCUT2D eigenvalue weighted by molar-refractivity contribution is 0.419. The van der Waals surface area contributed by atoms with Crippen LogP contribution in [-0.4, -0.2) is 26.8 Å². The third-order valence-electron chi connectivity index (χ3n) is 1.71. The molecule has 0 saturated carbocycles. The molecule has 0 heterocycles. The number of aryl methyl sites for hydroxylation is 1. The summed E-state index contributed by atoms with van der Waals surface area (Å²) in [6, 6.07) is 10.5. The van der Waals surface area contributed by atoms with Gasteiger partial charge in [0.05, 0.1) is 7.11 Å². The average molecular weight is 206 g/mol. The van der Waals surface area contributed by atoms with Gasteiger partial charge in [-0.15, -0.1) is 0 Å². The zero-order chi connectivity index (χ0) is 11.4. The Morgan fingerprint density at radius 3 is 2.40 bits per heavy atom. The molecule has 3 nitrogen and oxygen atoms in total. The fraction of sp³-hybridized carbons (Fsp3) is 0.333. The molecular weight excluding hydrogens is 188 g/mol. The quantitative estimate of drug-likeness (QED) is 0.597. The van der Waals surface area contributed by atoms with Crippen molar-refractivity contribution in [3.8, 4) is 0 Å². The third-order valence-corrected chi connectivity index (χ3v) is 1.71. The van der Waals surface area contributed by atoms with Crippen LogP contribution in [0.4, 0.5) is 0 Å². The number of hydrogen-bond donors (Lipinski definition) is 1. The highest BCUT2D eigenvalue weighted by molar-refractivity contribution is 5.57. The van der Waals surface area contributed by atoms with E-state index in [0.717, 1.165) is 19.2 Å². The van der Waals surface area contributed by atoms with Gasteiger partial charge in [-0.05, 0) is 24.6 Å². The van der Waals surface area contributed by atoms with Crippen LogP contribution in [0.3, 0.4) is 0 Å². The second-order valence-corrected chi connectivity index (χ2v) is 2.82. The van der Waals surface area contributed by atoms with E-state index in [1.54, 1.807) is 0 Å². The molecule has 0 aliphatic heterocycles. The number of nitrogens with one attached hydrogen (secondary N) is 1. The van der Waals surface area contributed by atoms with Crippen molar-refractivity contribution in [3.63, 3.8) is 0 Å². The van der Waals surface area contributed by atoms with E-state index in [2.05, 4.69) is 34.0 Å². The van der Waals surface area contributed by atoms with Crippen LogP contribution in [0.5, 0.6) is 0 Å². The maximum absolute atomic E-state index is 6.10. The van der Waals surface area contributed by atoms with Crippen LogP contribution in [0, 0.1) is 5.41 Å². The molecule has 3 heteroatoms. The van der Waals surface area contributed by atoms with Crippen LogP contribution >= 0.6 is 0 Å². The third kappa shape index (κ3) is 8.68. The normalized spacial score (nSPS) is 9.20. The summed E-state index contributed by atoms with van der Waals surface area (Å²) in [4.78, 5) is 3.93. The first-order valence-corrected chi connectivity index (χ1v) is 4.81. The van der Waals surface area contributed by atoms with Crippen molar-refractivity contribution < 1.29 is 4.74 Å². The zero-order valence-electron chi connectivity index (χ0n) is 9.31. The Kier molecular flexibility index (Phi) is 9.30. The Morgan fingerprint density at radius 1 is 1.33 bits per heavy atom. The second kappa shape index (κ2) is 10.4. The molecule has 1 rings (SSSR count). The molecular formula is C12H18N2O. The largest absolute Gasteiger partial charge is 0.487 e. The molecule has 0 aromatic heterocycles. The van der Waals surface area contributed by atoms with Gasteiger partial charge in [0.2, 0.25) is 0 Å². The lowest BCUT2D eigenvalue weighted by Gasteiger charge is -1.94. The smallest absolute Gasteiger partial charge is 0.166 e. The van der Waals surface area contributed by atoms with Gasteiger partial charge >= 0.3 is 0 Å². The predicted molar refractivity (Wildman–Crippen MR) is 65.0 cm³/mol. The van der Waals surface area contributed by atoms with Crippen molar-refractivity contribution in [2.24, 2.45) is 4.99 Å². The summed E-state index contributed by atoms with van der Waals surface area (Å²) in [5.74, 6) is 0. The van der Waals surface area contributed by atoms with Crippen LogP contribution < -0.4 is 0 Å². The van der Waals surface area contributed by atoms with Crippen molar-refractivity contribution in [2.45, 2.75) is 12.8 Å². The van der Waals surface area contributed by atoms with Crippen LogP contribution in [0.15, 0.2) is 35.3 Å².